The lowest BCUT2D eigenvalue weighted by Gasteiger charge is -2.17. The van der Waals surface area contributed by atoms with E-state index in [1.54, 1.807) is 0 Å². The second kappa shape index (κ2) is 16.8. The molecule has 9 heteroatoms. The Bertz CT molecular complexity index is 666. The minimum Gasteiger partial charge on any atom is -0.425 e. The number of rotatable bonds is 13. The zero-order chi connectivity index (χ0) is 23.7. The highest BCUT2D eigenvalue weighted by Gasteiger charge is 2.19. The van der Waals surface area contributed by atoms with Crippen molar-refractivity contribution >= 4 is 35.2 Å². The van der Waals surface area contributed by atoms with E-state index in [0.29, 0.717) is 12.8 Å². The molecule has 0 spiro atoms. The maximum Gasteiger partial charge on any atom is 0.336 e. The van der Waals surface area contributed by atoms with Gasteiger partial charge in [-0.1, -0.05) is 20.1 Å². The molecule has 1 unspecified atom stereocenters. The molecule has 0 bridgehead atoms. The molecule has 0 aromatic carbocycles. The van der Waals surface area contributed by atoms with Crippen molar-refractivity contribution in [3.63, 3.8) is 0 Å². The van der Waals surface area contributed by atoms with Gasteiger partial charge in [-0.2, -0.15) is 0 Å². The van der Waals surface area contributed by atoms with Gasteiger partial charge in [0.25, 0.3) is 0 Å². The molecule has 0 heterocycles. The van der Waals surface area contributed by atoms with E-state index in [-0.39, 0.29) is 54.6 Å². The summed E-state index contributed by atoms with van der Waals surface area (Å²) >= 11 is 0. The predicted molar refractivity (Wildman–Crippen MR) is 109 cm³/mol. The number of hydrogen-bond acceptors (Lipinski definition) is 8. The van der Waals surface area contributed by atoms with Gasteiger partial charge in [-0.05, 0) is 33.3 Å². The third kappa shape index (κ3) is 18.3. The molecule has 0 aliphatic carbocycles. The summed E-state index contributed by atoms with van der Waals surface area (Å²) in [5, 5.41) is 2.45. The van der Waals surface area contributed by atoms with Crippen molar-refractivity contribution in [1.29, 1.82) is 0 Å². The van der Waals surface area contributed by atoms with Crippen LogP contribution in [0.2, 0.25) is 0 Å². The van der Waals surface area contributed by atoms with E-state index in [4.69, 9.17) is 9.47 Å². The van der Waals surface area contributed by atoms with Gasteiger partial charge in [0.05, 0.1) is 6.42 Å². The van der Waals surface area contributed by atoms with Gasteiger partial charge in [0, 0.05) is 25.0 Å². The van der Waals surface area contributed by atoms with Crippen LogP contribution in [0.5, 0.6) is 0 Å². The Kier molecular flexibility index (Phi) is 16.3. The number of amides is 1. The third-order valence-electron chi connectivity index (χ3n) is 3.10. The summed E-state index contributed by atoms with van der Waals surface area (Å²) in [7, 11) is 0. The van der Waals surface area contributed by atoms with Crippen LogP contribution in [0.4, 0.5) is 0 Å². The first-order valence-corrected chi connectivity index (χ1v) is 9.39. The van der Waals surface area contributed by atoms with Crippen LogP contribution >= 0.6 is 0 Å². The van der Waals surface area contributed by atoms with E-state index < -0.39 is 18.2 Å². The zero-order valence-corrected chi connectivity index (χ0v) is 18.1. The third-order valence-corrected chi connectivity index (χ3v) is 3.10. The second-order valence-electron chi connectivity index (χ2n) is 6.44. The number of esters is 2. The molecule has 0 saturated heterocycles. The Labute approximate surface area is 176 Å². The van der Waals surface area contributed by atoms with Gasteiger partial charge in [0.1, 0.15) is 23.8 Å². The van der Waals surface area contributed by atoms with Gasteiger partial charge in [0.2, 0.25) is 12.2 Å². The van der Waals surface area contributed by atoms with E-state index in [2.05, 4.69) is 18.5 Å². The lowest BCUT2D eigenvalue weighted by Crippen LogP contribution is -2.25. The molecule has 1 N–H and O–H groups in total. The predicted octanol–water partition coefficient (Wildman–Crippen LogP) is 1.98. The van der Waals surface area contributed by atoms with E-state index >= 15 is 0 Å². The van der Waals surface area contributed by atoms with Crippen LogP contribution in [0.25, 0.3) is 0 Å². The highest BCUT2D eigenvalue weighted by atomic mass is 16.7. The van der Waals surface area contributed by atoms with E-state index in [9.17, 15) is 28.8 Å². The number of ether oxygens (including phenoxy) is 2. The van der Waals surface area contributed by atoms with E-state index in [1.807, 2.05) is 6.92 Å². The van der Waals surface area contributed by atoms with Crippen molar-refractivity contribution in [1.82, 2.24) is 5.32 Å². The molecule has 30 heavy (non-hydrogen) atoms. The van der Waals surface area contributed by atoms with Crippen LogP contribution in [-0.2, 0) is 38.2 Å². The normalized spacial score (nSPS) is 10.4. The Morgan fingerprint density at radius 2 is 1.53 bits per heavy atom. The molecule has 0 saturated carbocycles. The molecule has 0 aliphatic heterocycles. The number of hydrogen-bond donors (Lipinski definition) is 1. The summed E-state index contributed by atoms with van der Waals surface area (Å²) in [6.07, 6.45) is 1.09. The highest BCUT2D eigenvalue weighted by Crippen LogP contribution is 2.08. The van der Waals surface area contributed by atoms with Crippen molar-refractivity contribution < 1.29 is 38.2 Å². The molecule has 0 aliphatic rings. The highest BCUT2D eigenvalue weighted by molar-refractivity contribution is 5.98. The largest absolute Gasteiger partial charge is 0.425 e. The van der Waals surface area contributed by atoms with Crippen LogP contribution in [0.1, 0.15) is 59.8 Å². The lowest BCUT2D eigenvalue weighted by molar-refractivity contribution is -0.186. The van der Waals surface area contributed by atoms with Crippen LogP contribution in [0.15, 0.2) is 24.8 Å². The minimum atomic E-state index is -0.948. The van der Waals surface area contributed by atoms with Gasteiger partial charge in [-0.3, -0.25) is 24.0 Å². The van der Waals surface area contributed by atoms with Crippen molar-refractivity contribution in [2.24, 2.45) is 0 Å². The Hall–Kier alpha value is -3.10. The van der Waals surface area contributed by atoms with Crippen LogP contribution in [0.3, 0.4) is 0 Å². The molecular formula is C21H31NO8. The van der Waals surface area contributed by atoms with Gasteiger partial charge in [0.15, 0.2) is 0 Å². The molecule has 168 valence electrons. The van der Waals surface area contributed by atoms with E-state index in [1.165, 1.54) is 20.8 Å². The van der Waals surface area contributed by atoms with Gasteiger partial charge in [-0.15, -0.1) is 0 Å². The summed E-state index contributed by atoms with van der Waals surface area (Å²) in [6.45, 7) is 13.0. The monoisotopic (exact) mass is 425 g/mol. The number of nitrogens with one attached hydrogen (secondary N) is 1. The average molecular weight is 425 g/mol. The topological polar surface area (TPSA) is 133 Å². The summed E-state index contributed by atoms with van der Waals surface area (Å²) < 4.78 is 9.79. The first-order chi connectivity index (χ1) is 13.9. The molecule has 0 fully saturated rings. The maximum atomic E-state index is 11.3. The molecule has 0 rings (SSSR count). The molecule has 0 aromatic heterocycles. The molecule has 0 aromatic rings. The van der Waals surface area contributed by atoms with E-state index in [0.717, 1.165) is 6.08 Å². The Morgan fingerprint density at radius 3 is 1.97 bits per heavy atom. The summed E-state index contributed by atoms with van der Waals surface area (Å²) in [5.74, 6) is -2.21. The molecule has 1 atom stereocenters. The van der Waals surface area contributed by atoms with Gasteiger partial charge >= 0.3 is 11.9 Å². The number of carbonyl (C=O) groups is 6. The summed E-state index contributed by atoms with van der Waals surface area (Å²) in [5.41, 5.74) is 0.230. The van der Waals surface area contributed by atoms with Gasteiger partial charge < -0.3 is 14.8 Å². The quantitative estimate of drug-likeness (QED) is 0.205. The first-order valence-electron chi connectivity index (χ1n) is 9.39. The average Bonchev–Trinajstić information content (AvgIpc) is 2.60. The fraction of sp³-hybridized carbons (Fsp3) is 0.524. The number of Topliss-reactive ketones (excluding diaryl/α,β-unsaturated/α-hetero) is 3. The van der Waals surface area contributed by atoms with Crippen LogP contribution < -0.4 is 5.32 Å². The minimum absolute atomic E-state index is 0.0516. The molecule has 1 amide bonds. The van der Waals surface area contributed by atoms with Crippen molar-refractivity contribution in [3.8, 4) is 0 Å². The fourth-order valence-corrected chi connectivity index (χ4v) is 1.75. The van der Waals surface area contributed by atoms with Crippen molar-refractivity contribution in [2.75, 3.05) is 6.54 Å². The smallest absolute Gasteiger partial charge is 0.336 e. The fourth-order valence-electron chi connectivity index (χ4n) is 1.75. The van der Waals surface area contributed by atoms with Crippen molar-refractivity contribution in [3.05, 3.63) is 24.8 Å². The van der Waals surface area contributed by atoms with Crippen LogP contribution in [0, 0.1) is 0 Å². The number of carbonyl (C=O) groups excluding carboxylic acids is 6. The summed E-state index contributed by atoms with van der Waals surface area (Å²) in [6, 6.07) is 0. The SMILES string of the molecule is C=C(C)C(=O)OC(CCC)OC(=O)CC(C)=O.C=CC(=O)NCCC(=O)CC(C)=O. The first kappa shape index (κ1) is 29.1. The Balaban J connectivity index is 0. The van der Waals surface area contributed by atoms with Gasteiger partial charge in [-0.25, -0.2) is 4.79 Å². The standard InChI is InChI=1S/C12H18O5.C9H13NO3/c1-5-6-11(17-12(15)8(2)3)16-10(14)7-9(4)13;1-3-9(13)10-5-4-8(12)6-7(2)11/h11H,2,5-7H2,1,3-4H3;3H,1,4-6H2,2H3,(H,10,13). The second-order valence-corrected chi connectivity index (χ2v) is 6.44. The number of ketones is 3. The molecule has 9 nitrogen and oxygen atoms in total. The zero-order valence-electron chi connectivity index (χ0n) is 18.1. The summed E-state index contributed by atoms with van der Waals surface area (Å²) in [4.78, 5) is 65.2. The molecular weight excluding hydrogens is 394 g/mol. The maximum absolute atomic E-state index is 11.3. The lowest BCUT2D eigenvalue weighted by atomic mass is 10.2. The Morgan fingerprint density at radius 1 is 0.967 bits per heavy atom. The van der Waals surface area contributed by atoms with Crippen LogP contribution in [-0.4, -0.2) is 48.0 Å². The van der Waals surface area contributed by atoms with Crippen molar-refractivity contribution in [2.45, 2.75) is 66.1 Å². The molecule has 0 radical (unpaired) electrons.